The molecule has 0 spiro atoms. The van der Waals surface area contributed by atoms with Crippen molar-refractivity contribution in [2.45, 2.75) is 33.1 Å². The monoisotopic (exact) mass is 230 g/mol. The maximum Gasteiger partial charge on any atom is 0.303 e. The lowest BCUT2D eigenvalue weighted by Gasteiger charge is -2.15. The number of aliphatic carboxylic acids is 1. The molecule has 0 aromatic carbocycles. The second-order valence-electron chi connectivity index (χ2n) is 4.12. The molecular weight excluding hydrogens is 208 g/mol. The fraction of sp³-hybridized carbons (Fsp3) is 0.818. The van der Waals surface area contributed by atoms with Gasteiger partial charge >= 0.3 is 5.97 Å². The van der Waals surface area contributed by atoms with Gasteiger partial charge in [0.15, 0.2) is 0 Å². The van der Waals surface area contributed by atoms with Crippen molar-refractivity contribution in [3.05, 3.63) is 0 Å². The van der Waals surface area contributed by atoms with E-state index in [1.54, 1.807) is 0 Å². The number of amides is 1. The summed E-state index contributed by atoms with van der Waals surface area (Å²) in [6.07, 6.45) is 1.45. The number of rotatable bonds is 8. The lowest BCUT2D eigenvalue weighted by Crippen LogP contribution is -2.37. The maximum absolute atomic E-state index is 11.5. The summed E-state index contributed by atoms with van der Waals surface area (Å²) in [5.41, 5.74) is 5.45. The normalized spacial score (nSPS) is 14.2. The summed E-state index contributed by atoms with van der Waals surface area (Å²) in [5.74, 6) is -0.791. The van der Waals surface area contributed by atoms with Crippen LogP contribution in [0, 0.1) is 11.8 Å². The van der Waals surface area contributed by atoms with Crippen molar-refractivity contribution in [2.75, 3.05) is 13.1 Å². The van der Waals surface area contributed by atoms with E-state index in [0.717, 1.165) is 6.42 Å². The van der Waals surface area contributed by atoms with Crippen molar-refractivity contribution in [2.24, 2.45) is 17.6 Å². The number of carbonyl (C=O) groups is 2. The van der Waals surface area contributed by atoms with E-state index in [2.05, 4.69) is 5.32 Å². The molecule has 0 aromatic rings. The van der Waals surface area contributed by atoms with Gasteiger partial charge < -0.3 is 16.2 Å². The van der Waals surface area contributed by atoms with Gasteiger partial charge in [-0.1, -0.05) is 13.8 Å². The topological polar surface area (TPSA) is 92.4 Å². The van der Waals surface area contributed by atoms with Crippen molar-refractivity contribution in [1.29, 1.82) is 0 Å². The molecule has 2 atom stereocenters. The molecule has 0 bridgehead atoms. The quantitative estimate of drug-likeness (QED) is 0.569. The Morgan fingerprint density at radius 3 is 2.50 bits per heavy atom. The number of carboxylic acids is 1. The summed E-state index contributed by atoms with van der Waals surface area (Å²) >= 11 is 0. The van der Waals surface area contributed by atoms with Crippen LogP contribution in [0.15, 0.2) is 0 Å². The Labute approximate surface area is 96.4 Å². The van der Waals surface area contributed by atoms with Gasteiger partial charge in [-0.15, -0.1) is 0 Å². The van der Waals surface area contributed by atoms with Crippen molar-refractivity contribution in [3.8, 4) is 0 Å². The summed E-state index contributed by atoms with van der Waals surface area (Å²) in [6.45, 7) is 4.71. The molecule has 0 rings (SSSR count). The number of hydrogen-bond donors (Lipinski definition) is 3. The number of hydrogen-bond acceptors (Lipinski definition) is 3. The molecule has 0 saturated heterocycles. The van der Waals surface area contributed by atoms with Crippen molar-refractivity contribution >= 4 is 11.9 Å². The Balaban J connectivity index is 3.77. The fourth-order valence-corrected chi connectivity index (χ4v) is 1.35. The Morgan fingerprint density at radius 1 is 1.44 bits per heavy atom. The smallest absolute Gasteiger partial charge is 0.303 e. The van der Waals surface area contributed by atoms with Crippen LogP contribution in [0.5, 0.6) is 0 Å². The van der Waals surface area contributed by atoms with Crippen molar-refractivity contribution in [1.82, 2.24) is 5.32 Å². The first-order valence-electron chi connectivity index (χ1n) is 5.70. The highest BCUT2D eigenvalue weighted by molar-refractivity contribution is 5.78. The van der Waals surface area contributed by atoms with E-state index in [4.69, 9.17) is 10.8 Å². The van der Waals surface area contributed by atoms with Gasteiger partial charge in [0.1, 0.15) is 0 Å². The van der Waals surface area contributed by atoms with E-state index in [9.17, 15) is 9.59 Å². The van der Waals surface area contributed by atoms with E-state index in [1.807, 2.05) is 13.8 Å². The lowest BCUT2D eigenvalue weighted by atomic mass is 10.0. The van der Waals surface area contributed by atoms with Crippen molar-refractivity contribution < 1.29 is 14.7 Å². The van der Waals surface area contributed by atoms with Gasteiger partial charge in [-0.2, -0.15) is 0 Å². The molecule has 5 nitrogen and oxygen atoms in total. The predicted molar refractivity (Wildman–Crippen MR) is 61.9 cm³/mol. The van der Waals surface area contributed by atoms with Crippen LogP contribution in [0.1, 0.15) is 33.1 Å². The fourth-order valence-electron chi connectivity index (χ4n) is 1.35. The minimum absolute atomic E-state index is 0.0350. The summed E-state index contributed by atoms with van der Waals surface area (Å²) in [5, 5.41) is 11.3. The first-order valence-corrected chi connectivity index (χ1v) is 5.70. The molecule has 16 heavy (non-hydrogen) atoms. The Bertz CT molecular complexity index is 227. The van der Waals surface area contributed by atoms with Crippen LogP contribution < -0.4 is 11.1 Å². The Kier molecular flexibility index (Phi) is 7.54. The zero-order valence-corrected chi connectivity index (χ0v) is 10.0. The molecule has 94 valence electrons. The summed E-state index contributed by atoms with van der Waals surface area (Å²) in [6, 6.07) is 0. The van der Waals surface area contributed by atoms with Gasteiger partial charge in [0.05, 0.1) is 0 Å². The molecule has 0 radical (unpaired) electrons. The third-order valence-electron chi connectivity index (χ3n) is 2.62. The van der Waals surface area contributed by atoms with Crippen LogP contribution in [0.3, 0.4) is 0 Å². The van der Waals surface area contributed by atoms with E-state index >= 15 is 0 Å². The summed E-state index contributed by atoms with van der Waals surface area (Å²) in [7, 11) is 0. The Morgan fingerprint density at radius 2 is 2.06 bits per heavy atom. The molecule has 5 heteroatoms. The molecule has 1 amide bonds. The van der Waals surface area contributed by atoms with Crippen molar-refractivity contribution in [3.63, 3.8) is 0 Å². The largest absolute Gasteiger partial charge is 0.481 e. The molecule has 0 saturated carbocycles. The first kappa shape index (κ1) is 14.9. The minimum Gasteiger partial charge on any atom is -0.481 e. The number of carboxylic acid groups (broad SMARTS) is 1. The molecule has 0 fully saturated rings. The highest BCUT2D eigenvalue weighted by Crippen LogP contribution is 2.05. The number of carbonyl (C=O) groups excluding carboxylic acids is 1. The van der Waals surface area contributed by atoms with E-state index in [0.29, 0.717) is 19.5 Å². The second-order valence-corrected chi connectivity index (χ2v) is 4.12. The van der Waals surface area contributed by atoms with Gasteiger partial charge in [0, 0.05) is 25.4 Å². The standard InChI is InChI=1S/C11H22N2O3/c1-3-9(6-12)11(16)13-7-8(2)4-5-10(14)15/h8-9H,3-7,12H2,1-2H3,(H,13,16)(H,14,15). The first-order chi connectivity index (χ1) is 7.51. The Hall–Kier alpha value is -1.10. The SMILES string of the molecule is CCC(CN)C(=O)NCC(C)CCC(=O)O. The third-order valence-corrected chi connectivity index (χ3v) is 2.62. The van der Waals surface area contributed by atoms with E-state index < -0.39 is 5.97 Å². The van der Waals surface area contributed by atoms with E-state index in [-0.39, 0.29) is 24.2 Å². The minimum atomic E-state index is -0.799. The summed E-state index contributed by atoms with van der Waals surface area (Å²) in [4.78, 5) is 21.9. The molecule has 0 aliphatic heterocycles. The number of nitrogens with two attached hydrogens (primary N) is 1. The molecule has 4 N–H and O–H groups in total. The number of nitrogens with one attached hydrogen (secondary N) is 1. The zero-order chi connectivity index (χ0) is 12.6. The van der Waals surface area contributed by atoms with Crippen LogP contribution in [0.4, 0.5) is 0 Å². The molecule has 0 aliphatic carbocycles. The molecule has 0 aliphatic rings. The molecular formula is C11H22N2O3. The summed E-state index contributed by atoms with van der Waals surface area (Å²) < 4.78 is 0. The average Bonchev–Trinajstić information content (AvgIpc) is 2.25. The predicted octanol–water partition coefficient (Wildman–Crippen LogP) is 0.588. The van der Waals surface area contributed by atoms with Gasteiger partial charge in [-0.05, 0) is 18.8 Å². The highest BCUT2D eigenvalue weighted by atomic mass is 16.4. The maximum atomic E-state index is 11.5. The third kappa shape index (κ3) is 6.40. The van der Waals surface area contributed by atoms with Gasteiger partial charge in [0.25, 0.3) is 0 Å². The van der Waals surface area contributed by atoms with Crippen LogP contribution in [0.25, 0.3) is 0 Å². The molecule has 0 aromatic heterocycles. The highest BCUT2D eigenvalue weighted by Gasteiger charge is 2.15. The van der Waals surface area contributed by atoms with Crippen LogP contribution >= 0.6 is 0 Å². The van der Waals surface area contributed by atoms with Crippen LogP contribution in [-0.2, 0) is 9.59 Å². The van der Waals surface area contributed by atoms with Crippen LogP contribution in [0.2, 0.25) is 0 Å². The lowest BCUT2D eigenvalue weighted by molar-refractivity contribution is -0.137. The van der Waals surface area contributed by atoms with Gasteiger partial charge in [-0.3, -0.25) is 9.59 Å². The van der Waals surface area contributed by atoms with Crippen LogP contribution in [-0.4, -0.2) is 30.1 Å². The molecule has 0 heterocycles. The second kappa shape index (κ2) is 8.10. The molecule has 2 unspecified atom stereocenters. The zero-order valence-electron chi connectivity index (χ0n) is 10.0. The van der Waals surface area contributed by atoms with Gasteiger partial charge in [0.2, 0.25) is 5.91 Å². The average molecular weight is 230 g/mol. The van der Waals surface area contributed by atoms with E-state index in [1.165, 1.54) is 0 Å². The van der Waals surface area contributed by atoms with Gasteiger partial charge in [-0.25, -0.2) is 0 Å².